The number of rotatable bonds is 8. The number of benzene rings is 2. The van der Waals surface area contributed by atoms with E-state index in [1.165, 1.54) is 10.3 Å². The zero-order valence-electron chi connectivity index (χ0n) is 24.3. The minimum Gasteiger partial charge on any atom is -0.487 e. The van der Waals surface area contributed by atoms with Crippen molar-refractivity contribution in [2.75, 3.05) is 30.6 Å². The lowest BCUT2D eigenvalue weighted by atomic mass is 9.86. The molecule has 0 amide bonds. The number of ether oxygens (including phenoxy) is 2. The lowest BCUT2D eigenvalue weighted by Crippen LogP contribution is -2.34. The maximum Gasteiger partial charge on any atom is 0.306 e. The summed E-state index contributed by atoms with van der Waals surface area (Å²) in [7, 11) is 1.92. The summed E-state index contributed by atoms with van der Waals surface area (Å²) in [5, 5.41) is 5.76. The largest absolute Gasteiger partial charge is 0.487 e. The molecule has 2 aromatic heterocycles. The number of anilines is 2. The SMILES string of the molecule is CCOC(=O)CC(c1cc(CN2C[C@@H](CC)Oc3cccnc3[C@@H]2C)c2sccc2c1)c1ccc2c(c1Cl)NNN2C. The second-order valence-corrected chi connectivity index (χ2v) is 12.2. The second-order valence-electron chi connectivity index (χ2n) is 10.9. The quantitative estimate of drug-likeness (QED) is 0.207. The number of nitrogens with zero attached hydrogens (tertiary/aromatic N) is 3. The standard InChI is InChI=1S/C32H36ClN5O3S/c1-5-23-18-38(19(3)30-27(41-23)8-7-12-34-30)17-22-15-21(14-20-11-13-42-32(20)22)25(16-28(39)40-6-2)24-9-10-26-31(29(24)33)35-36-37(26)4/h7-15,19,23,25,35-36H,5-6,16-18H2,1-4H3/t19-,23+,25?/m0/s1. The molecule has 2 aliphatic heterocycles. The number of aromatic nitrogens is 1. The molecule has 2 N–H and O–H groups in total. The molecular formula is C32H36ClN5O3S. The van der Waals surface area contributed by atoms with Gasteiger partial charge in [-0.15, -0.1) is 16.9 Å². The molecule has 4 heterocycles. The molecule has 0 radical (unpaired) electrons. The van der Waals surface area contributed by atoms with Crippen molar-refractivity contribution >= 4 is 50.4 Å². The van der Waals surface area contributed by atoms with Gasteiger partial charge in [0, 0.05) is 37.0 Å². The van der Waals surface area contributed by atoms with E-state index in [1.54, 1.807) is 11.3 Å². The van der Waals surface area contributed by atoms with Gasteiger partial charge in [0.15, 0.2) is 0 Å². The lowest BCUT2D eigenvalue weighted by molar-refractivity contribution is -0.143. The molecule has 0 spiro atoms. The molecule has 8 nitrogen and oxygen atoms in total. The van der Waals surface area contributed by atoms with Crippen LogP contribution in [0.5, 0.6) is 5.75 Å². The molecule has 1 unspecified atom stereocenters. The molecule has 0 aliphatic carbocycles. The molecule has 220 valence electrons. The predicted molar refractivity (Wildman–Crippen MR) is 169 cm³/mol. The first kappa shape index (κ1) is 28.7. The maximum atomic E-state index is 13.0. The van der Waals surface area contributed by atoms with E-state index in [0.717, 1.165) is 58.8 Å². The van der Waals surface area contributed by atoms with Crippen LogP contribution < -0.4 is 20.7 Å². The summed E-state index contributed by atoms with van der Waals surface area (Å²) in [6, 6.07) is 14.7. The van der Waals surface area contributed by atoms with Crippen LogP contribution in [0.3, 0.4) is 0 Å². The Morgan fingerprint density at radius 3 is 2.93 bits per heavy atom. The van der Waals surface area contributed by atoms with Crippen molar-refractivity contribution in [3.8, 4) is 5.75 Å². The highest BCUT2D eigenvalue weighted by Crippen LogP contribution is 2.44. The topological polar surface area (TPSA) is 79.0 Å². The molecule has 6 rings (SSSR count). The van der Waals surface area contributed by atoms with E-state index in [2.05, 4.69) is 53.3 Å². The Hall–Kier alpha value is -3.37. The average Bonchev–Trinajstić information content (AvgIpc) is 3.59. The van der Waals surface area contributed by atoms with Gasteiger partial charge in [-0.2, -0.15) is 0 Å². The molecule has 2 aliphatic rings. The molecule has 2 aromatic carbocycles. The highest BCUT2D eigenvalue weighted by molar-refractivity contribution is 7.17. The third kappa shape index (κ3) is 5.42. The van der Waals surface area contributed by atoms with Crippen LogP contribution in [0.1, 0.15) is 68.0 Å². The third-order valence-electron chi connectivity index (χ3n) is 8.27. The Bertz CT molecular complexity index is 1610. The molecule has 0 fully saturated rings. The van der Waals surface area contributed by atoms with Gasteiger partial charge in [0.25, 0.3) is 0 Å². The fraction of sp³-hybridized carbons (Fsp3) is 0.375. The van der Waals surface area contributed by atoms with Crippen molar-refractivity contribution in [1.82, 2.24) is 15.4 Å². The van der Waals surface area contributed by atoms with Crippen LogP contribution in [0.15, 0.2) is 54.0 Å². The van der Waals surface area contributed by atoms with Crippen molar-refractivity contribution in [3.05, 3.63) is 81.4 Å². The number of carbonyl (C=O) groups is 1. The number of carbonyl (C=O) groups excluding carboxylic acids is 1. The van der Waals surface area contributed by atoms with Crippen LogP contribution in [-0.2, 0) is 16.1 Å². The monoisotopic (exact) mass is 605 g/mol. The van der Waals surface area contributed by atoms with Gasteiger partial charge in [0.05, 0.1) is 41.2 Å². The van der Waals surface area contributed by atoms with Crippen molar-refractivity contribution in [2.45, 2.75) is 58.2 Å². The maximum absolute atomic E-state index is 13.0. The summed E-state index contributed by atoms with van der Waals surface area (Å²) in [6.45, 7) is 8.04. The summed E-state index contributed by atoms with van der Waals surface area (Å²) in [4.78, 5) is 20.1. The van der Waals surface area contributed by atoms with E-state index in [9.17, 15) is 4.79 Å². The molecule has 42 heavy (non-hydrogen) atoms. The molecule has 0 bridgehead atoms. The van der Waals surface area contributed by atoms with Gasteiger partial charge in [0.1, 0.15) is 11.9 Å². The minimum absolute atomic E-state index is 0.0703. The first-order chi connectivity index (χ1) is 20.4. The molecule has 3 atom stereocenters. The zero-order valence-corrected chi connectivity index (χ0v) is 25.9. The van der Waals surface area contributed by atoms with Gasteiger partial charge in [0.2, 0.25) is 0 Å². The van der Waals surface area contributed by atoms with E-state index in [4.69, 9.17) is 26.1 Å². The van der Waals surface area contributed by atoms with Crippen LogP contribution in [0.4, 0.5) is 11.4 Å². The summed E-state index contributed by atoms with van der Waals surface area (Å²) in [5.41, 5.74) is 12.1. The summed E-state index contributed by atoms with van der Waals surface area (Å²) in [6.07, 6.45) is 3.00. The van der Waals surface area contributed by atoms with E-state index >= 15 is 0 Å². The molecule has 10 heteroatoms. The van der Waals surface area contributed by atoms with Gasteiger partial charge in [-0.05, 0) is 78.1 Å². The zero-order chi connectivity index (χ0) is 29.4. The lowest BCUT2D eigenvalue weighted by Gasteiger charge is -2.29. The predicted octanol–water partition coefficient (Wildman–Crippen LogP) is 7.05. The third-order valence-corrected chi connectivity index (χ3v) is 9.68. The Labute approximate surface area is 255 Å². The number of fused-ring (bicyclic) bond motifs is 3. The van der Waals surface area contributed by atoms with E-state index < -0.39 is 0 Å². The number of nitrogens with one attached hydrogen (secondary N) is 2. The van der Waals surface area contributed by atoms with Crippen LogP contribution in [0, 0.1) is 0 Å². The number of hydrogen-bond donors (Lipinski definition) is 2. The fourth-order valence-electron chi connectivity index (χ4n) is 6.00. The highest BCUT2D eigenvalue weighted by Gasteiger charge is 2.31. The van der Waals surface area contributed by atoms with Crippen LogP contribution in [0.25, 0.3) is 10.1 Å². The first-order valence-electron chi connectivity index (χ1n) is 14.5. The van der Waals surface area contributed by atoms with Crippen LogP contribution in [0.2, 0.25) is 5.02 Å². The van der Waals surface area contributed by atoms with Crippen molar-refractivity contribution in [3.63, 3.8) is 0 Å². The van der Waals surface area contributed by atoms with Gasteiger partial charge < -0.3 is 14.9 Å². The van der Waals surface area contributed by atoms with Crippen molar-refractivity contribution < 1.29 is 14.3 Å². The van der Waals surface area contributed by atoms with E-state index in [1.807, 2.05) is 49.4 Å². The molecule has 0 saturated heterocycles. The van der Waals surface area contributed by atoms with Crippen molar-refractivity contribution in [1.29, 1.82) is 0 Å². The van der Waals surface area contributed by atoms with Crippen LogP contribution in [-0.4, -0.2) is 42.2 Å². The summed E-state index contributed by atoms with van der Waals surface area (Å²) >= 11 is 8.77. The summed E-state index contributed by atoms with van der Waals surface area (Å²) < 4.78 is 13.1. The van der Waals surface area contributed by atoms with Gasteiger partial charge in [-0.25, -0.2) is 0 Å². The molecule has 0 saturated carbocycles. The van der Waals surface area contributed by atoms with Crippen molar-refractivity contribution in [2.24, 2.45) is 0 Å². The molecular weight excluding hydrogens is 570 g/mol. The Morgan fingerprint density at radius 2 is 2.12 bits per heavy atom. The van der Waals surface area contributed by atoms with Gasteiger partial charge in [-0.3, -0.25) is 19.7 Å². The Balaban J connectivity index is 1.42. The van der Waals surface area contributed by atoms with Gasteiger partial charge >= 0.3 is 5.97 Å². The van der Waals surface area contributed by atoms with E-state index in [-0.39, 0.29) is 30.5 Å². The normalized spacial score (nSPS) is 19.0. The smallest absolute Gasteiger partial charge is 0.306 e. The number of hydrazine groups is 2. The minimum atomic E-state index is -0.284. The van der Waals surface area contributed by atoms with Crippen LogP contribution >= 0.6 is 22.9 Å². The van der Waals surface area contributed by atoms with Gasteiger partial charge in [-0.1, -0.05) is 30.7 Å². The fourth-order valence-corrected chi connectivity index (χ4v) is 7.23. The first-order valence-corrected chi connectivity index (χ1v) is 15.7. The Morgan fingerprint density at radius 1 is 1.26 bits per heavy atom. The number of esters is 1. The summed E-state index contributed by atoms with van der Waals surface area (Å²) in [5.74, 6) is 0.332. The number of halogens is 1. The number of hydrogen-bond acceptors (Lipinski definition) is 9. The number of pyridine rings is 1. The molecule has 4 aromatic rings. The Kier molecular flexibility index (Phi) is 8.27. The highest BCUT2D eigenvalue weighted by atomic mass is 35.5. The number of thiophene rings is 1. The average molecular weight is 606 g/mol. The van der Waals surface area contributed by atoms with E-state index in [0.29, 0.717) is 11.6 Å². The second kappa shape index (κ2) is 12.1.